The predicted octanol–water partition coefficient (Wildman–Crippen LogP) is 5.17. The molecular formula is C26H28N2O4. The van der Waals surface area contributed by atoms with Crippen LogP contribution in [0.2, 0.25) is 0 Å². The van der Waals surface area contributed by atoms with Crippen LogP contribution < -0.4 is 9.64 Å². The van der Waals surface area contributed by atoms with Gasteiger partial charge in [0.1, 0.15) is 11.5 Å². The molecular weight excluding hydrogens is 404 g/mol. The van der Waals surface area contributed by atoms with E-state index >= 15 is 0 Å². The van der Waals surface area contributed by atoms with Gasteiger partial charge in [-0.25, -0.2) is 4.79 Å². The first kappa shape index (κ1) is 20.6. The Kier molecular flexibility index (Phi) is 5.37. The number of aryl methyl sites for hydroxylation is 2. The van der Waals surface area contributed by atoms with Gasteiger partial charge < -0.3 is 18.9 Å². The molecule has 1 unspecified atom stereocenters. The Morgan fingerprint density at radius 3 is 2.75 bits per heavy atom. The molecule has 2 aromatic carbocycles. The van der Waals surface area contributed by atoms with Gasteiger partial charge in [0.25, 0.3) is 0 Å². The molecule has 6 nitrogen and oxygen atoms in total. The van der Waals surface area contributed by atoms with Gasteiger partial charge in [0.05, 0.1) is 24.5 Å². The molecule has 2 heterocycles. The van der Waals surface area contributed by atoms with Crippen LogP contribution in [0.1, 0.15) is 48.3 Å². The zero-order chi connectivity index (χ0) is 22.2. The minimum atomic E-state index is -0.654. The molecule has 1 aliphatic carbocycles. The molecule has 6 heteroatoms. The summed E-state index contributed by atoms with van der Waals surface area (Å²) in [6.45, 7) is 7.14. The standard InChI is InChI=1S/C26H28N2O4/c1-4-30-26(29)24-15-28(14-18-6-5-7-20(12-18)19-8-9-19)22-13-21(10-11-23(22)31-24)25-16(2)27-32-17(25)3/h5-7,10-13,19,24H,4,8-9,14-15H2,1-3H3. The van der Waals surface area contributed by atoms with Crippen molar-refractivity contribution in [3.05, 3.63) is 65.0 Å². The van der Waals surface area contributed by atoms with E-state index < -0.39 is 6.10 Å². The van der Waals surface area contributed by atoms with Crippen molar-refractivity contribution in [1.29, 1.82) is 0 Å². The number of carbonyl (C=O) groups is 1. The molecule has 3 aromatic rings. The second-order valence-corrected chi connectivity index (χ2v) is 8.64. The smallest absolute Gasteiger partial charge is 0.349 e. The minimum absolute atomic E-state index is 0.329. The van der Waals surface area contributed by atoms with Crippen LogP contribution in [0.5, 0.6) is 5.75 Å². The van der Waals surface area contributed by atoms with E-state index in [1.54, 1.807) is 0 Å². The first-order valence-corrected chi connectivity index (χ1v) is 11.3. The highest BCUT2D eigenvalue weighted by atomic mass is 16.6. The van der Waals surface area contributed by atoms with Crippen LogP contribution in [-0.2, 0) is 16.1 Å². The average Bonchev–Trinajstić information content (AvgIpc) is 3.59. The lowest BCUT2D eigenvalue weighted by molar-refractivity contribution is -0.151. The topological polar surface area (TPSA) is 64.8 Å². The summed E-state index contributed by atoms with van der Waals surface area (Å²) in [5, 5.41) is 4.10. The first-order valence-electron chi connectivity index (χ1n) is 11.3. The van der Waals surface area contributed by atoms with Crippen molar-refractivity contribution in [2.45, 2.75) is 52.2 Å². The van der Waals surface area contributed by atoms with Gasteiger partial charge in [0.2, 0.25) is 6.10 Å². The van der Waals surface area contributed by atoms with Crippen LogP contribution in [0, 0.1) is 13.8 Å². The summed E-state index contributed by atoms with van der Waals surface area (Å²) in [6.07, 6.45) is 1.89. The Morgan fingerprint density at radius 2 is 2.03 bits per heavy atom. The van der Waals surface area contributed by atoms with Crippen molar-refractivity contribution in [3.8, 4) is 16.9 Å². The normalized spacial score (nSPS) is 17.6. The Morgan fingerprint density at radius 1 is 1.19 bits per heavy atom. The lowest BCUT2D eigenvalue weighted by atomic mass is 10.0. The van der Waals surface area contributed by atoms with Crippen LogP contribution in [0.25, 0.3) is 11.1 Å². The summed E-state index contributed by atoms with van der Waals surface area (Å²) in [6, 6.07) is 14.8. The number of hydrogen-bond donors (Lipinski definition) is 0. The van der Waals surface area contributed by atoms with E-state index in [4.69, 9.17) is 14.0 Å². The van der Waals surface area contributed by atoms with Crippen LogP contribution in [0.3, 0.4) is 0 Å². The van der Waals surface area contributed by atoms with Gasteiger partial charge in [-0.05, 0) is 68.4 Å². The molecule has 166 valence electrons. The number of esters is 1. The predicted molar refractivity (Wildman–Crippen MR) is 122 cm³/mol. The van der Waals surface area contributed by atoms with Gasteiger partial charge in [-0.3, -0.25) is 0 Å². The highest BCUT2D eigenvalue weighted by Gasteiger charge is 2.33. The molecule has 0 radical (unpaired) electrons. The molecule has 0 amide bonds. The lowest BCUT2D eigenvalue weighted by Gasteiger charge is -2.35. The second-order valence-electron chi connectivity index (χ2n) is 8.64. The van der Waals surface area contributed by atoms with E-state index in [0.717, 1.165) is 28.3 Å². The fourth-order valence-electron chi connectivity index (χ4n) is 4.49. The van der Waals surface area contributed by atoms with E-state index in [2.05, 4.69) is 40.4 Å². The summed E-state index contributed by atoms with van der Waals surface area (Å²) < 4.78 is 16.7. The highest BCUT2D eigenvalue weighted by molar-refractivity contribution is 5.80. The zero-order valence-electron chi connectivity index (χ0n) is 18.8. The fourth-order valence-corrected chi connectivity index (χ4v) is 4.49. The number of anilines is 1. The summed E-state index contributed by atoms with van der Waals surface area (Å²) in [7, 11) is 0. The maximum absolute atomic E-state index is 12.5. The molecule has 0 saturated heterocycles. The van der Waals surface area contributed by atoms with Crippen LogP contribution >= 0.6 is 0 Å². The van der Waals surface area contributed by atoms with Gasteiger partial charge >= 0.3 is 5.97 Å². The maximum atomic E-state index is 12.5. The number of carbonyl (C=O) groups excluding carboxylic acids is 1. The highest BCUT2D eigenvalue weighted by Crippen LogP contribution is 2.42. The quantitative estimate of drug-likeness (QED) is 0.501. The van der Waals surface area contributed by atoms with Crippen LogP contribution in [0.15, 0.2) is 47.0 Å². The minimum Gasteiger partial charge on any atom is -0.475 e. The third kappa shape index (κ3) is 3.97. The van der Waals surface area contributed by atoms with E-state index in [1.165, 1.54) is 24.0 Å². The third-order valence-corrected chi connectivity index (χ3v) is 6.20. The summed E-state index contributed by atoms with van der Waals surface area (Å²) >= 11 is 0. The maximum Gasteiger partial charge on any atom is 0.349 e. The van der Waals surface area contributed by atoms with Crippen LogP contribution in [-0.4, -0.2) is 30.4 Å². The van der Waals surface area contributed by atoms with E-state index in [0.29, 0.717) is 31.4 Å². The molecule has 5 rings (SSSR count). The monoisotopic (exact) mass is 432 g/mol. The Hall–Kier alpha value is -3.28. The third-order valence-electron chi connectivity index (χ3n) is 6.20. The van der Waals surface area contributed by atoms with E-state index in [1.807, 2.05) is 32.9 Å². The molecule has 0 bridgehead atoms. The average molecular weight is 433 g/mol. The molecule has 1 aliphatic heterocycles. The first-order chi connectivity index (χ1) is 15.5. The molecule has 1 atom stereocenters. The van der Waals surface area contributed by atoms with Crippen LogP contribution in [0.4, 0.5) is 5.69 Å². The molecule has 1 aromatic heterocycles. The number of rotatable bonds is 6. The summed E-state index contributed by atoms with van der Waals surface area (Å²) in [5.74, 6) is 1.84. The molecule has 1 fully saturated rings. The van der Waals surface area contributed by atoms with Gasteiger partial charge in [-0.15, -0.1) is 0 Å². The summed E-state index contributed by atoms with van der Waals surface area (Å²) in [4.78, 5) is 14.7. The number of fused-ring (bicyclic) bond motifs is 1. The van der Waals surface area contributed by atoms with E-state index in [9.17, 15) is 4.79 Å². The zero-order valence-corrected chi connectivity index (χ0v) is 18.8. The number of ether oxygens (including phenoxy) is 2. The van der Waals surface area contributed by atoms with Gasteiger partial charge in [-0.2, -0.15) is 0 Å². The number of hydrogen-bond acceptors (Lipinski definition) is 6. The molecule has 0 N–H and O–H groups in total. The second kappa shape index (κ2) is 8.34. The fraction of sp³-hybridized carbons (Fsp3) is 0.385. The van der Waals surface area contributed by atoms with Gasteiger partial charge in [0, 0.05) is 12.1 Å². The van der Waals surface area contributed by atoms with Crippen molar-refractivity contribution in [1.82, 2.24) is 5.16 Å². The van der Waals surface area contributed by atoms with Crippen molar-refractivity contribution < 1.29 is 18.8 Å². The molecule has 32 heavy (non-hydrogen) atoms. The number of aromatic nitrogens is 1. The van der Waals surface area contributed by atoms with Crippen molar-refractivity contribution >= 4 is 11.7 Å². The molecule has 0 spiro atoms. The van der Waals surface area contributed by atoms with Gasteiger partial charge in [-0.1, -0.05) is 35.5 Å². The van der Waals surface area contributed by atoms with E-state index in [-0.39, 0.29) is 5.97 Å². The van der Waals surface area contributed by atoms with Crippen molar-refractivity contribution in [2.24, 2.45) is 0 Å². The Balaban J connectivity index is 1.51. The summed E-state index contributed by atoms with van der Waals surface area (Å²) in [5.41, 5.74) is 6.47. The SMILES string of the molecule is CCOC(=O)C1CN(Cc2cccc(C3CC3)c2)c2cc(-c3c(C)noc3C)ccc2O1. The number of nitrogens with zero attached hydrogens (tertiary/aromatic N) is 2. The lowest BCUT2D eigenvalue weighted by Crippen LogP contribution is -2.45. The number of benzene rings is 2. The van der Waals surface area contributed by atoms with Crippen molar-refractivity contribution in [3.63, 3.8) is 0 Å². The van der Waals surface area contributed by atoms with Gasteiger partial charge in [0.15, 0.2) is 0 Å². The Bertz CT molecular complexity index is 1130. The molecule has 1 saturated carbocycles. The largest absolute Gasteiger partial charge is 0.475 e. The Labute approximate surface area is 188 Å². The van der Waals surface area contributed by atoms with Crippen molar-refractivity contribution in [2.75, 3.05) is 18.1 Å². The molecule has 2 aliphatic rings.